The van der Waals surface area contributed by atoms with E-state index in [4.69, 9.17) is 11.6 Å². The number of rotatable bonds is 6. The summed E-state index contributed by atoms with van der Waals surface area (Å²) >= 11 is 5.86. The fourth-order valence-corrected chi connectivity index (χ4v) is 5.88. The van der Waals surface area contributed by atoms with Crippen LogP contribution in [0.15, 0.2) is 0 Å². The van der Waals surface area contributed by atoms with Gasteiger partial charge in [-0.15, -0.1) is 11.6 Å². The van der Waals surface area contributed by atoms with E-state index in [-0.39, 0.29) is 0 Å². The highest BCUT2D eigenvalue weighted by atomic mass is 35.5. The minimum atomic E-state index is 0.365. The third-order valence-corrected chi connectivity index (χ3v) is 6.06. The lowest BCUT2D eigenvalue weighted by Gasteiger charge is -2.57. The maximum atomic E-state index is 12.7. The first-order valence-electron chi connectivity index (χ1n) is 8.48. The van der Waals surface area contributed by atoms with Crippen LogP contribution in [0, 0.1) is 23.2 Å². The third kappa shape index (κ3) is 2.86. The summed E-state index contributed by atoms with van der Waals surface area (Å²) in [6.45, 7) is 3.73. The number of halogens is 1. The van der Waals surface area contributed by atoms with Gasteiger partial charge in [0.25, 0.3) is 0 Å². The van der Waals surface area contributed by atoms with Crippen LogP contribution in [-0.4, -0.2) is 29.8 Å². The molecule has 0 aromatic heterocycles. The smallest absolute Gasteiger partial charge is 0.223 e. The molecule has 0 saturated heterocycles. The summed E-state index contributed by atoms with van der Waals surface area (Å²) in [7, 11) is 0. The van der Waals surface area contributed by atoms with Crippen molar-refractivity contribution >= 4 is 17.5 Å². The molecule has 4 saturated carbocycles. The highest BCUT2D eigenvalue weighted by Crippen LogP contribution is 2.61. The van der Waals surface area contributed by atoms with Crippen LogP contribution in [0.5, 0.6) is 0 Å². The molecule has 1 amide bonds. The molecule has 4 bridgehead atoms. The zero-order chi connectivity index (χ0) is 14.2. The standard InChI is InChI=1S/C17H28ClNO/c1-2-4-19(5-3-18)16(20)12-17-9-13-6-14(10-17)8-15(7-13)11-17/h13-15H,2-12H2,1H3. The molecule has 0 heterocycles. The summed E-state index contributed by atoms with van der Waals surface area (Å²) in [6.07, 6.45) is 10.2. The van der Waals surface area contributed by atoms with Crippen molar-refractivity contribution in [3.05, 3.63) is 0 Å². The minimum Gasteiger partial charge on any atom is -0.342 e. The molecule has 2 nitrogen and oxygen atoms in total. The van der Waals surface area contributed by atoms with Crippen molar-refractivity contribution < 1.29 is 4.79 Å². The second-order valence-electron chi connectivity index (χ2n) is 7.66. The highest BCUT2D eigenvalue weighted by molar-refractivity contribution is 6.18. The van der Waals surface area contributed by atoms with E-state index in [1.54, 1.807) is 0 Å². The monoisotopic (exact) mass is 297 g/mol. The van der Waals surface area contributed by atoms with Crippen LogP contribution in [0.2, 0.25) is 0 Å². The molecule has 114 valence electrons. The third-order valence-electron chi connectivity index (χ3n) is 5.89. The Morgan fingerprint density at radius 2 is 1.65 bits per heavy atom. The summed E-state index contributed by atoms with van der Waals surface area (Å²) in [5, 5.41) is 0. The van der Waals surface area contributed by atoms with Crippen molar-refractivity contribution in [2.45, 2.75) is 58.3 Å². The molecular formula is C17H28ClNO. The molecule has 4 fully saturated rings. The van der Waals surface area contributed by atoms with Crippen LogP contribution in [-0.2, 0) is 4.79 Å². The fourth-order valence-electron chi connectivity index (χ4n) is 5.67. The Morgan fingerprint density at radius 1 is 1.10 bits per heavy atom. The predicted octanol–water partition coefficient (Wildman–Crippen LogP) is 4.07. The molecule has 4 aliphatic carbocycles. The van der Waals surface area contributed by atoms with Gasteiger partial charge in [-0.2, -0.15) is 0 Å². The van der Waals surface area contributed by atoms with Gasteiger partial charge in [0.05, 0.1) is 0 Å². The van der Waals surface area contributed by atoms with Gasteiger partial charge in [0.2, 0.25) is 5.91 Å². The molecule has 4 rings (SSSR count). The Morgan fingerprint density at radius 3 is 2.10 bits per heavy atom. The number of hydrogen-bond donors (Lipinski definition) is 0. The Bertz CT molecular complexity index is 327. The number of carbonyl (C=O) groups excluding carboxylic acids is 1. The SMILES string of the molecule is CCCN(CCCl)C(=O)CC12CC3CC(CC(C3)C1)C2. The average molecular weight is 298 g/mol. The first kappa shape index (κ1) is 14.7. The van der Waals surface area contributed by atoms with E-state index in [0.29, 0.717) is 17.2 Å². The van der Waals surface area contributed by atoms with Crippen molar-refractivity contribution in [3.63, 3.8) is 0 Å². The van der Waals surface area contributed by atoms with Crippen LogP contribution in [0.4, 0.5) is 0 Å². The second kappa shape index (κ2) is 5.87. The van der Waals surface area contributed by atoms with Gasteiger partial charge < -0.3 is 4.90 Å². The Labute approximate surface area is 128 Å². The van der Waals surface area contributed by atoms with Crippen LogP contribution in [0.3, 0.4) is 0 Å². The van der Waals surface area contributed by atoms with Gasteiger partial charge in [0.15, 0.2) is 0 Å². The quantitative estimate of drug-likeness (QED) is 0.677. The largest absolute Gasteiger partial charge is 0.342 e. The van der Waals surface area contributed by atoms with Gasteiger partial charge >= 0.3 is 0 Å². The van der Waals surface area contributed by atoms with Gasteiger partial charge in [-0.1, -0.05) is 6.92 Å². The van der Waals surface area contributed by atoms with Gasteiger partial charge in [-0.3, -0.25) is 4.79 Å². The minimum absolute atomic E-state index is 0.365. The zero-order valence-electron chi connectivity index (χ0n) is 12.7. The molecule has 0 atom stereocenters. The van der Waals surface area contributed by atoms with Crippen molar-refractivity contribution in [2.24, 2.45) is 23.2 Å². The second-order valence-corrected chi connectivity index (χ2v) is 8.04. The van der Waals surface area contributed by atoms with E-state index >= 15 is 0 Å². The van der Waals surface area contributed by atoms with Crippen molar-refractivity contribution in [3.8, 4) is 0 Å². The van der Waals surface area contributed by atoms with Gasteiger partial charge in [-0.25, -0.2) is 0 Å². The molecule has 3 heteroatoms. The Hall–Kier alpha value is -0.240. The van der Waals surface area contributed by atoms with E-state index in [2.05, 4.69) is 6.92 Å². The topological polar surface area (TPSA) is 20.3 Å². The number of carbonyl (C=O) groups is 1. The molecule has 0 aliphatic heterocycles. The zero-order valence-corrected chi connectivity index (χ0v) is 13.5. The Balaban J connectivity index is 1.65. The lowest BCUT2D eigenvalue weighted by Crippen LogP contribution is -2.48. The summed E-state index contributed by atoms with van der Waals surface area (Å²) in [6, 6.07) is 0. The highest BCUT2D eigenvalue weighted by Gasteiger charge is 2.51. The van der Waals surface area contributed by atoms with Crippen LogP contribution < -0.4 is 0 Å². The van der Waals surface area contributed by atoms with Crippen molar-refractivity contribution in [1.29, 1.82) is 0 Å². The molecule has 0 spiro atoms. The first-order valence-corrected chi connectivity index (χ1v) is 9.01. The normalized spacial score (nSPS) is 38.2. The summed E-state index contributed by atoms with van der Waals surface area (Å²) in [5.41, 5.74) is 0.365. The van der Waals surface area contributed by atoms with Gasteiger partial charge in [0, 0.05) is 25.4 Å². The predicted molar refractivity (Wildman–Crippen MR) is 82.8 cm³/mol. The lowest BCUT2D eigenvalue weighted by molar-refractivity contribution is -0.139. The molecule has 0 aromatic carbocycles. The van der Waals surface area contributed by atoms with Crippen molar-refractivity contribution in [2.75, 3.05) is 19.0 Å². The van der Waals surface area contributed by atoms with Crippen LogP contribution >= 0.6 is 11.6 Å². The van der Waals surface area contributed by atoms with Crippen molar-refractivity contribution in [1.82, 2.24) is 4.90 Å². The van der Waals surface area contributed by atoms with E-state index in [1.165, 1.54) is 38.5 Å². The van der Waals surface area contributed by atoms with Gasteiger partial charge in [-0.05, 0) is 68.1 Å². The Kier molecular flexibility index (Phi) is 4.31. The van der Waals surface area contributed by atoms with E-state index in [0.717, 1.165) is 43.7 Å². The van der Waals surface area contributed by atoms with Crippen LogP contribution in [0.1, 0.15) is 58.3 Å². The fraction of sp³-hybridized carbons (Fsp3) is 0.941. The number of hydrogen-bond acceptors (Lipinski definition) is 1. The van der Waals surface area contributed by atoms with E-state index in [9.17, 15) is 4.79 Å². The van der Waals surface area contributed by atoms with E-state index < -0.39 is 0 Å². The number of alkyl halides is 1. The molecule has 0 radical (unpaired) electrons. The maximum absolute atomic E-state index is 12.7. The molecule has 0 N–H and O–H groups in total. The van der Waals surface area contributed by atoms with Gasteiger partial charge in [0.1, 0.15) is 0 Å². The molecule has 0 aromatic rings. The molecular weight excluding hydrogens is 270 g/mol. The average Bonchev–Trinajstić information content (AvgIpc) is 2.36. The number of nitrogens with zero attached hydrogens (tertiary/aromatic N) is 1. The molecule has 0 unspecified atom stereocenters. The summed E-state index contributed by atoms with van der Waals surface area (Å²) < 4.78 is 0. The molecule has 4 aliphatic rings. The van der Waals surface area contributed by atoms with E-state index in [1.807, 2.05) is 4.90 Å². The van der Waals surface area contributed by atoms with Crippen LogP contribution in [0.25, 0.3) is 0 Å². The summed E-state index contributed by atoms with van der Waals surface area (Å²) in [5.74, 6) is 3.73. The number of amides is 1. The lowest BCUT2D eigenvalue weighted by atomic mass is 9.49. The maximum Gasteiger partial charge on any atom is 0.223 e. The first-order chi connectivity index (χ1) is 9.64. The summed E-state index contributed by atoms with van der Waals surface area (Å²) in [4.78, 5) is 14.7. The molecule has 20 heavy (non-hydrogen) atoms.